The molecule has 10 rings (SSSR count). The van der Waals surface area contributed by atoms with E-state index in [1.165, 1.54) is 15.6 Å². The lowest BCUT2D eigenvalue weighted by atomic mass is 9.32. The molecular weight excluding hydrogens is 687 g/mol. The number of aliphatic hydroxyl groups is 2. The lowest BCUT2D eigenvalue weighted by Gasteiger charge is -2.71. The predicted molar refractivity (Wildman–Crippen MR) is 205 cm³/mol. The Bertz CT molecular complexity index is 2230. The molecule has 8 atom stereocenters. The monoisotopic (exact) mass is 733 g/mol. The summed E-state index contributed by atoms with van der Waals surface area (Å²) in [5.74, 6) is 0.103. The molecule has 0 aliphatic heterocycles. The highest BCUT2D eigenvalue weighted by Crippen LogP contribution is 2.78. The number of fused-ring (bicyclic) bond motifs is 2. The summed E-state index contributed by atoms with van der Waals surface area (Å²) in [4.78, 5) is 14.8. The second kappa shape index (κ2) is 11.8. The zero-order valence-electron chi connectivity index (χ0n) is 29.9. The van der Waals surface area contributed by atoms with E-state index in [4.69, 9.17) is 0 Å². The van der Waals surface area contributed by atoms with E-state index in [0.29, 0.717) is 24.8 Å². The average Bonchev–Trinajstić information content (AvgIpc) is 3.79. The highest BCUT2D eigenvalue weighted by atomic mass is 32.2. The van der Waals surface area contributed by atoms with Crippen molar-refractivity contribution in [3.8, 4) is 0 Å². The van der Waals surface area contributed by atoms with E-state index in [0.717, 1.165) is 47.6 Å². The number of allylic oxidation sites excluding steroid dienone is 4. The fourth-order valence-corrected chi connectivity index (χ4v) is 14.6. The Labute approximate surface area is 310 Å². The van der Waals surface area contributed by atoms with Crippen LogP contribution in [-0.2, 0) is 16.6 Å². The number of hydrogen-bond acceptors (Lipinski definition) is 6. The van der Waals surface area contributed by atoms with E-state index in [1.807, 2.05) is 72.8 Å². The quantitative estimate of drug-likeness (QED) is 0.140. The van der Waals surface area contributed by atoms with Gasteiger partial charge < -0.3 is 10.2 Å². The van der Waals surface area contributed by atoms with Gasteiger partial charge in [-0.25, -0.2) is 8.42 Å². The van der Waals surface area contributed by atoms with Crippen LogP contribution in [0.4, 0.5) is 0 Å². The second-order valence-corrected chi connectivity index (χ2v) is 20.0. The molecule has 2 spiro atoms. The van der Waals surface area contributed by atoms with Gasteiger partial charge in [0.2, 0.25) is 0 Å². The number of nitrogens with zero attached hydrogens (tertiary/aromatic N) is 1. The van der Waals surface area contributed by atoms with Gasteiger partial charge in [-0.05, 0) is 90.0 Å². The maximum atomic E-state index is 14.8. The third-order valence-electron chi connectivity index (χ3n) is 14.7. The first-order chi connectivity index (χ1) is 24.9. The van der Waals surface area contributed by atoms with Crippen molar-refractivity contribution in [2.45, 2.75) is 81.3 Å². The van der Waals surface area contributed by atoms with Crippen LogP contribution in [0.1, 0.15) is 74.7 Å². The number of benzene rings is 3. The first kappa shape index (κ1) is 34.4. The molecule has 1 heterocycles. The van der Waals surface area contributed by atoms with Gasteiger partial charge in [-0.3, -0.25) is 4.79 Å². The van der Waals surface area contributed by atoms with Crippen LogP contribution in [0.2, 0.25) is 0 Å². The van der Waals surface area contributed by atoms with Crippen LogP contribution in [0.15, 0.2) is 118 Å². The lowest BCUT2D eigenvalue weighted by molar-refractivity contribution is -0.173. The first-order valence-electron chi connectivity index (χ1n) is 18.8. The maximum absolute atomic E-state index is 14.8. The molecule has 6 aliphatic rings. The Kier molecular flexibility index (Phi) is 7.80. The largest absolute Gasteiger partial charge is 0.393 e. The normalized spacial score (nSPS) is 36.3. The second-order valence-electron chi connectivity index (χ2n) is 16.8. The summed E-state index contributed by atoms with van der Waals surface area (Å²) in [6.07, 6.45) is 11.3. The van der Waals surface area contributed by atoms with Gasteiger partial charge in [0.1, 0.15) is 4.21 Å². The van der Waals surface area contributed by atoms with Crippen LogP contribution in [0.5, 0.6) is 0 Å². The van der Waals surface area contributed by atoms with E-state index < -0.39 is 38.0 Å². The molecule has 6 nitrogen and oxygen atoms in total. The SMILES string of the molecule is CC12CCC(O)CC13C=CC1(C(C(=O)c4ccccc4)=C3)C2CCC2(C)C1CCC2(O)CN(Cc1cccc2ccccc12)S(=O)(=O)c1cccs1. The number of ketones is 1. The highest BCUT2D eigenvalue weighted by molar-refractivity contribution is 7.91. The van der Waals surface area contributed by atoms with Crippen molar-refractivity contribution in [3.63, 3.8) is 0 Å². The molecule has 0 saturated heterocycles. The van der Waals surface area contributed by atoms with Crippen molar-refractivity contribution in [1.82, 2.24) is 4.31 Å². The van der Waals surface area contributed by atoms with E-state index in [1.54, 1.807) is 17.5 Å². The molecule has 3 aromatic carbocycles. The van der Waals surface area contributed by atoms with Crippen molar-refractivity contribution in [2.75, 3.05) is 6.54 Å². The van der Waals surface area contributed by atoms with Gasteiger partial charge in [-0.1, -0.05) is 111 Å². The third kappa shape index (κ3) is 4.63. The first-order valence-corrected chi connectivity index (χ1v) is 21.1. The Hall–Kier alpha value is -3.40. The predicted octanol–water partition coefficient (Wildman–Crippen LogP) is 8.57. The molecule has 0 radical (unpaired) electrons. The van der Waals surface area contributed by atoms with Crippen LogP contribution < -0.4 is 0 Å². The summed E-state index contributed by atoms with van der Waals surface area (Å²) in [7, 11) is -3.95. The van der Waals surface area contributed by atoms with Crippen molar-refractivity contribution in [2.24, 2.45) is 33.5 Å². The van der Waals surface area contributed by atoms with Crippen molar-refractivity contribution < 1.29 is 23.4 Å². The molecule has 270 valence electrons. The summed E-state index contributed by atoms with van der Waals surface area (Å²) < 4.78 is 30.9. The standard InChI is InChI=1S/C44H47NO5S2/c1-40-20-17-33(46)26-42(40)23-24-44(35(27-42)39(47)31-11-4-3-5-12-31)36(40)18-21-41(2)37(44)19-22-43(41,48)29-45(52(49,50)38-16-9-25-51-38)28-32-14-8-13-30-10-6-7-15-34(30)32/h3-16,23-25,27,33,36-37,46,48H,17-22,26,28-29H2,1-2H3. The number of carbonyl (C=O) groups is 1. The number of rotatable bonds is 8. The minimum absolute atomic E-state index is 0.0222. The molecule has 3 fully saturated rings. The maximum Gasteiger partial charge on any atom is 0.252 e. The molecule has 6 aliphatic carbocycles. The number of aliphatic hydroxyl groups excluding tert-OH is 1. The average molecular weight is 734 g/mol. The van der Waals surface area contributed by atoms with Crippen LogP contribution >= 0.6 is 11.3 Å². The Balaban J connectivity index is 1.15. The number of carbonyl (C=O) groups excluding carboxylic acids is 1. The minimum atomic E-state index is -3.95. The Morgan fingerprint density at radius 1 is 0.846 bits per heavy atom. The molecule has 0 amide bonds. The molecular formula is C44H47NO5S2. The number of Topliss-reactive ketones (excluding diaryl/α,β-unsaturated/α-hetero) is 1. The van der Waals surface area contributed by atoms with E-state index in [9.17, 15) is 23.4 Å². The van der Waals surface area contributed by atoms with Gasteiger partial charge in [0.25, 0.3) is 10.0 Å². The van der Waals surface area contributed by atoms with Gasteiger partial charge >= 0.3 is 0 Å². The Morgan fingerprint density at radius 2 is 1.56 bits per heavy atom. The minimum Gasteiger partial charge on any atom is -0.393 e. The van der Waals surface area contributed by atoms with Crippen molar-refractivity contribution in [1.29, 1.82) is 0 Å². The summed E-state index contributed by atoms with van der Waals surface area (Å²) in [6.45, 7) is 4.66. The zero-order chi connectivity index (χ0) is 36.1. The van der Waals surface area contributed by atoms with Gasteiger partial charge in [-0.15, -0.1) is 11.3 Å². The van der Waals surface area contributed by atoms with Crippen molar-refractivity contribution >= 4 is 37.9 Å². The molecule has 3 saturated carbocycles. The van der Waals surface area contributed by atoms with E-state index >= 15 is 0 Å². The lowest BCUT2D eigenvalue weighted by Crippen LogP contribution is -2.67. The fourth-order valence-electron chi connectivity index (χ4n) is 12.0. The summed E-state index contributed by atoms with van der Waals surface area (Å²) in [6, 6.07) is 27.0. The molecule has 2 N–H and O–H groups in total. The number of sulfonamides is 1. The van der Waals surface area contributed by atoms with Crippen molar-refractivity contribution in [3.05, 3.63) is 125 Å². The van der Waals surface area contributed by atoms with E-state index in [2.05, 4.69) is 32.1 Å². The number of hydrogen-bond donors (Lipinski definition) is 2. The Morgan fingerprint density at radius 3 is 2.35 bits per heavy atom. The number of thiophene rings is 1. The molecule has 8 unspecified atom stereocenters. The molecule has 52 heavy (non-hydrogen) atoms. The summed E-state index contributed by atoms with van der Waals surface area (Å²) in [5.41, 5.74) is -0.830. The zero-order valence-corrected chi connectivity index (χ0v) is 31.5. The van der Waals surface area contributed by atoms with Crippen LogP contribution in [0.3, 0.4) is 0 Å². The topological polar surface area (TPSA) is 94.9 Å². The third-order valence-corrected chi connectivity index (χ3v) is 17.9. The van der Waals surface area contributed by atoms with Gasteiger partial charge in [0.05, 0.1) is 11.7 Å². The molecule has 4 aromatic rings. The van der Waals surface area contributed by atoms with Gasteiger partial charge in [0.15, 0.2) is 5.78 Å². The smallest absolute Gasteiger partial charge is 0.252 e. The fraction of sp³-hybridized carbons (Fsp3) is 0.432. The summed E-state index contributed by atoms with van der Waals surface area (Å²) >= 11 is 1.20. The molecule has 1 aromatic heterocycles. The van der Waals surface area contributed by atoms with E-state index in [-0.39, 0.29) is 40.3 Å². The highest BCUT2D eigenvalue weighted by Gasteiger charge is 2.74. The molecule has 2 bridgehead atoms. The van der Waals surface area contributed by atoms with Gasteiger partial charge in [-0.2, -0.15) is 4.31 Å². The molecule has 8 heteroatoms. The summed E-state index contributed by atoms with van der Waals surface area (Å²) in [5, 5.41) is 28.0. The van der Waals surface area contributed by atoms with Crippen LogP contribution in [-0.4, -0.2) is 47.0 Å². The van der Waals surface area contributed by atoms with Gasteiger partial charge in [0, 0.05) is 40.5 Å². The van der Waals surface area contributed by atoms with Crippen LogP contribution in [0, 0.1) is 33.5 Å². The van der Waals surface area contributed by atoms with Crippen LogP contribution in [0.25, 0.3) is 10.8 Å².